The van der Waals surface area contributed by atoms with Crippen molar-refractivity contribution < 1.29 is 14.6 Å². The minimum atomic E-state index is -0.729. The molecule has 0 radical (unpaired) electrons. The number of rotatable bonds is 5. The molecule has 0 aliphatic rings. The van der Waals surface area contributed by atoms with Crippen LogP contribution in [-0.4, -0.2) is 29.3 Å². The Balaban J connectivity index is 2.18. The van der Waals surface area contributed by atoms with Crippen LogP contribution in [0.5, 0.6) is 11.6 Å². The first-order valence-electron chi connectivity index (χ1n) is 5.90. The lowest BCUT2D eigenvalue weighted by Crippen LogP contribution is -2.06. The van der Waals surface area contributed by atoms with E-state index in [1.54, 1.807) is 13.2 Å². The summed E-state index contributed by atoms with van der Waals surface area (Å²) in [7, 11) is 3.14. The fraction of sp³-hybridized carbons (Fsp3) is 0.286. The van der Waals surface area contributed by atoms with Gasteiger partial charge in [0, 0.05) is 12.5 Å². The van der Waals surface area contributed by atoms with Gasteiger partial charge in [-0.25, -0.2) is 9.97 Å². The van der Waals surface area contributed by atoms with Crippen LogP contribution in [0.3, 0.4) is 0 Å². The molecule has 1 heterocycles. The summed E-state index contributed by atoms with van der Waals surface area (Å²) in [4.78, 5) is 7.97. The minimum absolute atomic E-state index is 0.421. The molecule has 1 N–H and O–H groups in total. The molecule has 0 saturated carbocycles. The first-order valence-corrected chi connectivity index (χ1v) is 5.90. The maximum atomic E-state index is 10.2. The summed E-state index contributed by atoms with van der Waals surface area (Å²) in [6, 6.07) is 9.21. The summed E-state index contributed by atoms with van der Waals surface area (Å²) >= 11 is 0. The molecule has 0 aliphatic heterocycles. The molecule has 1 atom stereocenters. The van der Waals surface area contributed by atoms with E-state index < -0.39 is 6.10 Å². The Bertz CT molecular complexity index is 546. The van der Waals surface area contributed by atoms with Crippen LogP contribution in [0.15, 0.2) is 36.7 Å². The van der Waals surface area contributed by atoms with E-state index in [4.69, 9.17) is 9.47 Å². The lowest BCUT2D eigenvalue weighted by Gasteiger charge is -2.13. The second kappa shape index (κ2) is 6.15. The molecule has 5 nitrogen and oxygen atoms in total. The van der Waals surface area contributed by atoms with Gasteiger partial charge < -0.3 is 14.6 Å². The summed E-state index contributed by atoms with van der Waals surface area (Å²) in [5.74, 6) is 1.19. The van der Waals surface area contributed by atoms with Crippen LogP contribution < -0.4 is 9.47 Å². The Morgan fingerprint density at radius 3 is 2.68 bits per heavy atom. The average Bonchev–Trinajstić information content (AvgIpc) is 2.47. The van der Waals surface area contributed by atoms with Gasteiger partial charge in [0.1, 0.15) is 18.2 Å². The molecule has 1 unspecified atom stereocenters. The van der Waals surface area contributed by atoms with Crippen LogP contribution >= 0.6 is 0 Å². The van der Waals surface area contributed by atoms with E-state index >= 15 is 0 Å². The van der Waals surface area contributed by atoms with Crippen LogP contribution in [0, 0.1) is 0 Å². The molecular weight excluding hydrogens is 244 g/mol. The molecule has 0 aliphatic carbocycles. The number of benzene rings is 1. The second-order valence-corrected chi connectivity index (χ2v) is 4.02. The van der Waals surface area contributed by atoms with Crippen molar-refractivity contribution in [1.82, 2.24) is 9.97 Å². The van der Waals surface area contributed by atoms with Gasteiger partial charge in [0.05, 0.1) is 19.9 Å². The summed E-state index contributed by atoms with van der Waals surface area (Å²) in [5.41, 5.74) is 1.45. The Morgan fingerprint density at radius 2 is 1.95 bits per heavy atom. The van der Waals surface area contributed by atoms with Crippen molar-refractivity contribution in [2.75, 3.05) is 14.2 Å². The number of hydrogen-bond acceptors (Lipinski definition) is 5. The quantitative estimate of drug-likeness (QED) is 0.887. The van der Waals surface area contributed by atoms with Crippen molar-refractivity contribution in [2.45, 2.75) is 12.5 Å². The van der Waals surface area contributed by atoms with Gasteiger partial charge in [0.15, 0.2) is 0 Å². The van der Waals surface area contributed by atoms with Crippen molar-refractivity contribution in [3.05, 3.63) is 47.9 Å². The SMILES string of the molecule is COc1cc(C(O)Cc2ccccc2OC)ncn1. The Labute approximate surface area is 111 Å². The highest BCUT2D eigenvalue weighted by atomic mass is 16.5. The molecule has 1 aromatic heterocycles. The van der Waals surface area contributed by atoms with E-state index in [1.165, 1.54) is 13.4 Å². The number of para-hydroxylation sites is 1. The van der Waals surface area contributed by atoms with Gasteiger partial charge in [-0.05, 0) is 11.6 Å². The summed E-state index contributed by atoms with van der Waals surface area (Å²) in [6.07, 6.45) is 1.07. The van der Waals surface area contributed by atoms with Gasteiger partial charge in [-0.15, -0.1) is 0 Å². The van der Waals surface area contributed by atoms with Crippen molar-refractivity contribution in [2.24, 2.45) is 0 Å². The summed E-state index contributed by atoms with van der Waals surface area (Å²) < 4.78 is 10.3. The van der Waals surface area contributed by atoms with Crippen molar-refractivity contribution >= 4 is 0 Å². The topological polar surface area (TPSA) is 64.5 Å². The zero-order valence-corrected chi connectivity index (χ0v) is 10.9. The molecule has 100 valence electrons. The summed E-state index contributed by atoms with van der Waals surface area (Å²) in [6.45, 7) is 0. The van der Waals surface area contributed by atoms with Crippen molar-refractivity contribution in [1.29, 1.82) is 0 Å². The molecular formula is C14H16N2O3. The standard InChI is InChI=1S/C14H16N2O3/c1-18-13-6-4-3-5-10(13)7-12(17)11-8-14(19-2)16-9-15-11/h3-6,8-9,12,17H,7H2,1-2H3. The predicted octanol–water partition coefficient (Wildman–Crippen LogP) is 1.77. The largest absolute Gasteiger partial charge is 0.496 e. The number of aliphatic hydroxyl groups excluding tert-OH is 1. The molecule has 19 heavy (non-hydrogen) atoms. The zero-order valence-electron chi connectivity index (χ0n) is 10.9. The highest BCUT2D eigenvalue weighted by Crippen LogP contribution is 2.24. The molecule has 0 amide bonds. The van der Waals surface area contributed by atoms with Gasteiger partial charge in [-0.3, -0.25) is 0 Å². The highest BCUT2D eigenvalue weighted by Gasteiger charge is 2.14. The number of aliphatic hydroxyl groups is 1. The van der Waals surface area contributed by atoms with E-state index in [9.17, 15) is 5.11 Å². The van der Waals surface area contributed by atoms with Gasteiger partial charge in [0.2, 0.25) is 5.88 Å². The van der Waals surface area contributed by atoms with Crippen LogP contribution in [0.2, 0.25) is 0 Å². The maximum Gasteiger partial charge on any atom is 0.216 e. The Kier molecular flexibility index (Phi) is 4.30. The Hall–Kier alpha value is -2.14. The molecule has 0 bridgehead atoms. The van der Waals surface area contributed by atoms with Crippen LogP contribution in [0.25, 0.3) is 0 Å². The lowest BCUT2D eigenvalue weighted by molar-refractivity contribution is 0.171. The monoisotopic (exact) mass is 260 g/mol. The average molecular weight is 260 g/mol. The van der Waals surface area contributed by atoms with Crippen molar-refractivity contribution in [3.63, 3.8) is 0 Å². The smallest absolute Gasteiger partial charge is 0.216 e. The number of aromatic nitrogens is 2. The fourth-order valence-corrected chi connectivity index (χ4v) is 1.83. The first-order chi connectivity index (χ1) is 9.24. The fourth-order valence-electron chi connectivity index (χ4n) is 1.83. The van der Waals surface area contributed by atoms with E-state index in [2.05, 4.69) is 9.97 Å². The summed E-state index contributed by atoms with van der Waals surface area (Å²) in [5, 5.41) is 10.2. The van der Waals surface area contributed by atoms with Gasteiger partial charge in [0.25, 0.3) is 0 Å². The lowest BCUT2D eigenvalue weighted by atomic mass is 10.0. The number of ether oxygens (including phenoxy) is 2. The molecule has 5 heteroatoms. The third-order valence-corrected chi connectivity index (χ3v) is 2.82. The van der Waals surface area contributed by atoms with Crippen LogP contribution in [0.1, 0.15) is 17.4 Å². The van der Waals surface area contributed by atoms with E-state index in [0.717, 1.165) is 11.3 Å². The molecule has 0 saturated heterocycles. The molecule has 1 aromatic carbocycles. The normalized spacial score (nSPS) is 11.9. The minimum Gasteiger partial charge on any atom is -0.496 e. The van der Waals surface area contributed by atoms with Crippen LogP contribution in [0.4, 0.5) is 0 Å². The second-order valence-electron chi connectivity index (χ2n) is 4.02. The highest BCUT2D eigenvalue weighted by molar-refractivity contribution is 5.34. The van der Waals surface area contributed by atoms with E-state index in [1.807, 2.05) is 24.3 Å². The van der Waals surface area contributed by atoms with Gasteiger partial charge in [-0.1, -0.05) is 18.2 Å². The number of hydrogen-bond donors (Lipinski definition) is 1. The third-order valence-electron chi connectivity index (χ3n) is 2.82. The van der Waals surface area contributed by atoms with Gasteiger partial charge in [-0.2, -0.15) is 0 Å². The molecule has 2 rings (SSSR count). The maximum absolute atomic E-state index is 10.2. The Morgan fingerprint density at radius 1 is 1.16 bits per heavy atom. The third kappa shape index (κ3) is 3.20. The molecule has 0 spiro atoms. The van der Waals surface area contributed by atoms with Crippen molar-refractivity contribution in [3.8, 4) is 11.6 Å². The molecule has 2 aromatic rings. The number of nitrogens with zero attached hydrogens (tertiary/aromatic N) is 2. The van der Waals surface area contributed by atoms with E-state index in [-0.39, 0.29) is 0 Å². The molecule has 0 fully saturated rings. The van der Waals surface area contributed by atoms with Gasteiger partial charge >= 0.3 is 0 Å². The predicted molar refractivity (Wildman–Crippen MR) is 70.2 cm³/mol. The van der Waals surface area contributed by atoms with Crippen LogP contribution in [-0.2, 0) is 6.42 Å². The zero-order chi connectivity index (χ0) is 13.7. The first kappa shape index (κ1) is 13.3. The van der Waals surface area contributed by atoms with E-state index in [0.29, 0.717) is 18.0 Å². The number of methoxy groups -OCH3 is 2.